The lowest BCUT2D eigenvalue weighted by molar-refractivity contribution is 0.260. The number of aromatic nitrogens is 1. The summed E-state index contributed by atoms with van der Waals surface area (Å²) in [7, 11) is 0. The van der Waals surface area contributed by atoms with E-state index in [1.807, 2.05) is 12.1 Å². The smallest absolute Gasteiger partial charge is 0.123 e. The predicted molar refractivity (Wildman–Crippen MR) is 72.4 cm³/mol. The molecule has 1 unspecified atom stereocenters. The fourth-order valence-corrected chi connectivity index (χ4v) is 2.83. The zero-order valence-electron chi connectivity index (χ0n) is 10.2. The Hall–Kier alpha value is -1.19. The van der Waals surface area contributed by atoms with E-state index in [4.69, 9.17) is 0 Å². The summed E-state index contributed by atoms with van der Waals surface area (Å²) >= 11 is 1.65. The van der Waals surface area contributed by atoms with Gasteiger partial charge in [0, 0.05) is 16.9 Å². The summed E-state index contributed by atoms with van der Waals surface area (Å²) in [5.41, 5.74) is 3.44. The van der Waals surface area contributed by atoms with Crippen molar-refractivity contribution in [3.05, 3.63) is 40.9 Å². The van der Waals surface area contributed by atoms with Gasteiger partial charge in [-0.3, -0.25) is 0 Å². The van der Waals surface area contributed by atoms with Crippen molar-refractivity contribution in [2.75, 3.05) is 6.61 Å². The number of aliphatic hydroxyl groups is 1. The van der Waals surface area contributed by atoms with Crippen molar-refractivity contribution >= 4 is 11.3 Å². The van der Waals surface area contributed by atoms with Crippen LogP contribution in [-0.4, -0.2) is 16.7 Å². The summed E-state index contributed by atoms with van der Waals surface area (Å²) < 4.78 is 0. The van der Waals surface area contributed by atoms with Crippen LogP contribution in [0.1, 0.15) is 30.5 Å². The van der Waals surface area contributed by atoms with Gasteiger partial charge < -0.3 is 5.11 Å². The van der Waals surface area contributed by atoms with Gasteiger partial charge >= 0.3 is 0 Å². The van der Waals surface area contributed by atoms with Crippen LogP contribution in [-0.2, 0) is 0 Å². The van der Waals surface area contributed by atoms with Crippen LogP contribution < -0.4 is 0 Å². The highest BCUT2D eigenvalue weighted by Gasteiger charge is 2.13. The molecule has 0 aliphatic carbocycles. The number of hydrogen-bond acceptors (Lipinski definition) is 3. The van der Waals surface area contributed by atoms with Gasteiger partial charge in [-0.05, 0) is 18.9 Å². The molecule has 1 aromatic carbocycles. The van der Waals surface area contributed by atoms with Gasteiger partial charge in [-0.15, -0.1) is 11.3 Å². The summed E-state index contributed by atoms with van der Waals surface area (Å²) in [6.07, 6.45) is 0.924. The molecule has 0 saturated heterocycles. The standard InChI is InChI=1S/C14H17NOS/c1-3-11(8-16)13-9-17-14(15-13)12-7-5-4-6-10(12)2/h4-7,9,11,16H,3,8H2,1-2H3. The number of aliphatic hydroxyl groups excluding tert-OH is 1. The maximum absolute atomic E-state index is 9.28. The number of benzene rings is 1. The molecule has 0 aliphatic rings. The van der Waals surface area contributed by atoms with Gasteiger partial charge in [-0.25, -0.2) is 4.98 Å². The number of thiazole rings is 1. The van der Waals surface area contributed by atoms with Gasteiger partial charge in [0.1, 0.15) is 5.01 Å². The van der Waals surface area contributed by atoms with Crippen LogP contribution in [0.4, 0.5) is 0 Å². The van der Waals surface area contributed by atoms with Crippen molar-refractivity contribution < 1.29 is 5.11 Å². The average Bonchev–Trinajstić information content (AvgIpc) is 2.81. The van der Waals surface area contributed by atoms with E-state index < -0.39 is 0 Å². The van der Waals surface area contributed by atoms with Crippen LogP contribution in [0.3, 0.4) is 0 Å². The van der Waals surface area contributed by atoms with Crippen molar-refractivity contribution in [1.29, 1.82) is 0 Å². The summed E-state index contributed by atoms with van der Waals surface area (Å²) in [5, 5.41) is 12.4. The number of rotatable bonds is 4. The first-order chi connectivity index (χ1) is 8.26. The summed E-state index contributed by atoms with van der Waals surface area (Å²) in [6.45, 7) is 4.35. The molecule has 0 amide bonds. The first-order valence-electron chi connectivity index (χ1n) is 5.88. The zero-order chi connectivity index (χ0) is 12.3. The molecule has 1 aromatic heterocycles. The maximum atomic E-state index is 9.28. The minimum atomic E-state index is 0.170. The molecule has 1 atom stereocenters. The molecule has 0 saturated carbocycles. The molecule has 0 radical (unpaired) electrons. The fraction of sp³-hybridized carbons (Fsp3) is 0.357. The van der Waals surface area contributed by atoms with Crippen LogP contribution in [0.15, 0.2) is 29.6 Å². The highest BCUT2D eigenvalue weighted by molar-refractivity contribution is 7.13. The van der Waals surface area contributed by atoms with E-state index >= 15 is 0 Å². The molecule has 2 aromatic rings. The molecule has 2 nitrogen and oxygen atoms in total. The molecule has 2 rings (SSSR count). The fourth-order valence-electron chi connectivity index (χ4n) is 1.84. The Balaban J connectivity index is 2.33. The van der Waals surface area contributed by atoms with Crippen molar-refractivity contribution in [2.24, 2.45) is 0 Å². The van der Waals surface area contributed by atoms with Gasteiger partial charge in [-0.1, -0.05) is 31.2 Å². The lowest BCUT2D eigenvalue weighted by Gasteiger charge is -2.07. The first-order valence-corrected chi connectivity index (χ1v) is 6.76. The Bertz CT molecular complexity index is 488. The van der Waals surface area contributed by atoms with E-state index in [2.05, 4.69) is 36.3 Å². The predicted octanol–water partition coefficient (Wildman–Crippen LogP) is 3.60. The average molecular weight is 247 g/mol. The third-order valence-electron chi connectivity index (χ3n) is 3.03. The van der Waals surface area contributed by atoms with Gasteiger partial charge in [-0.2, -0.15) is 0 Å². The molecule has 0 spiro atoms. The molecule has 90 valence electrons. The third-order valence-corrected chi connectivity index (χ3v) is 3.92. The molecular weight excluding hydrogens is 230 g/mol. The van der Waals surface area contributed by atoms with E-state index in [1.54, 1.807) is 11.3 Å². The molecule has 1 heterocycles. The second kappa shape index (κ2) is 5.43. The van der Waals surface area contributed by atoms with E-state index in [-0.39, 0.29) is 12.5 Å². The van der Waals surface area contributed by atoms with Crippen LogP contribution in [0.2, 0.25) is 0 Å². The topological polar surface area (TPSA) is 33.1 Å². The summed E-state index contributed by atoms with van der Waals surface area (Å²) in [4.78, 5) is 4.64. The lowest BCUT2D eigenvalue weighted by atomic mass is 10.1. The normalized spacial score (nSPS) is 12.6. The number of hydrogen-bond donors (Lipinski definition) is 1. The first kappa shape index (κ1) is 12.3. The lowest BCUT2D eigenvalue weighted by Crippen LogP contribution is -2.02. The molecule has 0 bridgehead atoms. The molecule has 3 heteroatoms. The highest BCUT2D eigenvalue weighted by Crippen LogP contribution is 2.29. The second-order valence-corrected chi connectivity index (χ2v) is 5.04. The molecular formula is C14H17NOS. The highest BCUT2D eigenvalue weighted by atomic mass is 32.1. The summed E-state index contributed by atoms with van der Waals surface area (Å²) in [6, 6.07) is 8.26. The van der Waals surface area contributed by atoms with Crippen LogP contribution in [0, 0.1) is 6.92 Å². The number of aryl methyl sites for hydroxylation is 1. The van der Waals surface area contributed by atoms with Crippen LogP contribution in [0.5, 0.6) is 0 Å². The molecule has 0 aliphatic heterocycles. The Kier molecular flexibility index (Phi) is 3.92. The number of nitrogens with zero attached hydrogens (tertiary/aromatic N) is 1. The molecule has 0 fully saturated rings. The second-order valence-electron chi connectivity index (χ2n) is 4.18. The van der Waals surface area contributed by atoms with Gasteiger partial charge in [0.25, 0.3) is 0 Å². The Morgan fingerprint density at radius 1 is 1.35 bits per heavy atom. The Labute approximate surface area is 106 Å². The largest absolute Gasteiger partial charge is 0.396 e. The van der Waals surface area contributed by atoms with Gasteiger partial charge in [0.2, 0.25) is 0 Å². The quantitative estimate of drug-likeness (QED) is 0.895. The van der Waals surface area contributed by atoms with E-state index in [0.29, 0.717) is 0 Å². The van der Waals surface area contributed by atoms with E-state index in [9.17, 15) is 5.11 Å². The van der Waals surface area contributed by atoms with Crippen molar-refractivity contribution in [2.45, 2.75) is 26.2 Å². The van der Waals surface area contributed by atoms with Crippen LogP contribution >= 0.6 is 11.3 Å². The summed E-state index contributed by atoms with van der Waals surface area (Å²) in [5.74, 6) is 0.170. The third kappa shape index (κ3) is 2.56. The van der Waals surface area contributed by atoms with Crippen molar-refractivity contribution in [3.63, 3.8) is 0 Å². The van der Waals surface area contributed by atoms with Crippen molar-refractivity contribution in [1.82, 2.24) is 4.98 Å². The van der Waals surface area contributed by atoms with Gasteiger partial charge in [0.05, 0.1) is 12.3 Å². The zero-order valence-corrected chi connectivity index (χ0v) is 11.0. The monoisotopic (exact) mass is 247 g/mol. The van der Waals surface area contributed by atoms with E-state index in [0.717, 1.165) is 17.1 Å². The SMILES string of the molecule is CCC(CO)c1csc(-c2ccccc2C)n1. The van der Waals surface area contributed by atoms with E-state index in [1.165, 1.54) is 11.1 Å². The Morgan fingerprint density at radius 3 is 2.76 bits per heavy atom. The van der Waals surface area contributed by atoms with Crippen molar-refractivity contribution in [3.8, 4) is 10.6 Å². The maximum Gasteiger partial charge on any atom is 0.123 e. The minimum Gasteiger partial charge on any atom is -0.396 e. The Morgan fingerprint density at radius 2 is 2.12 bits per heavy atom. The van der Waals surface area contributed by atoms with Crippen LogP contribution in [0.25, 0.3) is 10.6 Å². The minimum absolute atomic E-state index is 0.170. The van der Waals surface area contributed by atoms with Gasteiger partial charge in [0.15, 0.2) is 0 Å². The molecule has 1 N–H and O–H groups in total. The molecule has 17 heavy (non-hydrogen) atoms.